The molecule has 0 heterocycles. The highest BCUT2D eigenvalue weighted by molar-refractivity contribution is 5.83. The van der Waals surface area contributed by atoms with Crippen molar-refractivity contribution in [1.29, 1.82) is 0 Å². The van der Waals surface area contributed by atoms with Crippen LogP contribution < -0.4 is 0 Å². The maximum atomic E-state index is 11.7. The number of carbonyl (C=O) groups is 2. The second-order valence-electron chi connectivity index (χ2n) is 6.12. The molecule has 0 amide bonds. The van der Waals surface area contributed by atoms with Crippen LogP contribution in [0.3, 0.4) is 0 Å². The van der Waals surface area contributed by atoms with Crippen molar-refractivity contribution in [3.05, 3.63) is 0 Å². The van der Waals surface area contributed by atoms with Crippen molar-refractivity contribution >= 4 is 11.9 Å². The topological polar surface area (TPSA) is 74.6 Å². The fourth-order valence-corrected chi connectivity index (χ4v) is 3.48. The Morgan fingerprint density at radius 2 is 1.70 bits per heavy atom. The van der Waals surface area contributed by atoms with E-state index in [1.807, 2.05) is 0 Å². The molecule has 0 aromatic rings. The van der Waals surface area contributed by atoms with Crippen LogP contribution >= 0.6 is 0 Å². The molecule has 2 unspecified atom stereocenters. The molecular weight excluding hydrogens is 256 g/mol. The normalized spacial score (nSPS) is 26.4. The predicted molar refractivity (Wildman–Crippen MR) is 77.7 cm³/mol. The maximum Gasteiger partial charge on any atom is 0.310 e. The van der Waals surface area contributed by atoms with Crippen LogP contribution in [0.1, 0.15) is 77.6 Å². The zero-order chi connectivity index (χ0) is 15.0. The number of hydrogen-bond donors (Lipinski definition) is 2. The SMILES string of the molecule is CCCCCCCCC1(C(=O)O)CCCCC1C(=O)O. The third-order valence-electron chi connectivity index (χ3n) is 4.73. The minimum Gasteiger partial charge on any atom is -0.481 e. The van der Waals surface area contributed by atoms with Crippen LogP contribution in [0.4, 0.5) is 0 Å². The molecule has 2 N–H and O–H groups in total. The van der Waals surface area contributed by atoms with E-state index in [9.17, 15) is 19.8 Å². The minimum absolute atomic E-state index is 0.511. The lowest BCUT2D eigenvalue weighted by molar-refractivity contribution is -0.166. The summed E-state index contributed by atoms with van der Waals surface area (Å²) >= 11 is 0. The lowest BCUT2D eigenvalue weighted by Crippen LogP contribution is -2.44. The molecule has 0 bridgehead atoms. The number of carboxylic acids is 2. The molecule has 1 rings (SSSR count). The van der Waals surface area contributed by atoms with Crippen molar-refractivity contribution in [2.24, 2.45) is 11.3 Å². The molecule has 0 radical (unpaired) electrons. The Bertz CT molecular complexity index is 326. The average molecular weight is 284 g/mol. The highest BCUT2D eigenvalue weighted by Crippen LogP contribution is 2.45. The zero-order valence-electron chi connectivity index (χ0n) is 12.6. The van der Waals surface area contributed by atoms with Crippen molar-refractivity contribution in [3.63, 3.8) is 0 Å². The van der Waals surface area contributed by atoms with Gasteiger partial charge in [0.05, 0.1) is 11.3 Å². The Balaban J connectivity index is 2.57. The summed E-state index contributed by atoms with van der Waals surface area (Å²) in [6.07, 6.45) is 9.81. The van der Waals surface area contributed by atoms with Crippen molar-refractivity contribution in [2.45, 2.75) is 77.6 Å². The second kappa shape index (κ2) is 8.28. The van der Waals surface area contributed by atoms with Gasteiger partial charge in [-0.1, -0.05) is 58.3 Å². The monoisotopic (exact) mass is 284 g/mol. The summed E-state index contributed by atoms with van der Waals surface area (Å²) in [5.41, 5.74) is -1.02. The summed E-state index contributed by atoms with van der Waals surface area (Å²) in [5.74, 6) is -2.54. The molecule has 1 aliphatic carbocycles. The van der Waals surface area contributed by atoms with Crippen LogP contribution in [0.2, 0.25) is 0 Å². The summed E-state index contributed by atoms with van der Waals surface area (Å²) in [5, 5.41) is 18.9. The van der Waals surface area contributed by atoms with E-state index in [0.29, 0.717) is 19.3 Å². The van der Waals surface area contributed by atoms with Gasteiger partial charge < -0.3 is 10.2 Å². The van der Waals surface area contributed by atoms with E-state index >= 15 is 0 Å². The molecule has 0 aromatic carbocycles. The maximum absolute atomic E-state index is 11.7. The van der Waals surface area contributed by atoms with Gasteiger partial charge in [-0.15, -0.1) is 0 Å². The lowest BCUT2D eigenvalue weighted by Gasteiger charge is -2.38. The Hall–Kier alpha value is -1.06. The molecule has 20 heavy (non-hydrogen) atoms. The summed E-state index contributed by atoms with van der Waals surface area (Å²) in [4.78, 5) is 23.1. The standard InChI is InChI=1S/C16H28O4/c1-2-3-4-5-6-8-11-16(15(19)20)12-9-7-10-13(16)14(17)18/h13H,2-12H2,1H3,(H,17,18)(H,19,20). The van der Waals surface area contributed by atoms with Gasteiger partial charge in [0.1, 0.15) is 0 Å². The molecule has 2 atom stereocenters. The van der Waals surface area contributed by atoms with Gasteiger partial charge in [-0.2, -0.15) is 0 Å². The second-order valence-corrected chi connectivity index (χ2v) is 6.12. The molecule has 1 fully saturated rings. The summed E-state index contributed by atoms with van der Waals surface area (Å²) < 4.78 is 0. The molecule has 4 nitrogen and oxygen atoms in total. The first kappa shape index (κ1) is 17.0. The van der Waals surface area contributed by atoms with E-state index in [0.717, 1.165) is 32.1 Å². The highest BCUT2D eigenvalue weighted by Gasteiger charge is 2.50. The quantitative estimate of drug-likeness (QED) is 0.625. The van der Waals surface area contributed by atoms with Crippen LogP contribution in [0.15, 0.2) is 0 Å². The smallest absolute Gasteiger partial charge is 0.310 e. The van der Waals surface area contributed by atoms with Crippen LogP contribution in [0.5, 0.6) is 0 Å². The largest absolute Gasteiger partial charge is 0.481 e. The number of unbranched alkanes of at least 4 members (excludes halogenated alkanes) is 5. The van der Waals surface area contributed by atoms with Gasteiger partial charge in [0.15, 0.2) is 0 Å². The van der Waals surface area contributed by atoms with Gasteiger partial charge >= 0.3 is 11.9 Å². The van der Waals surface area contributed by atoms with E-state index < -0.39 is 23.3 Å². The molecular formula is C16H28O4. The minimum atomic E-state index is -1.02. The molecule has 0 spiro atoms. The number of rotatable bonds is 9. The fourth-order valence-electron chi connectivity index (χ4n) is 3.48. The summed E-state index contributed by atoms with van der Waals surface area (Å²) in [7, 11) is 0. The van der Waals surface area contributed by atoms with E-state index in [2.05, 4.69) is 6.92 Å². The predicted octanol–water partition coefficient (Wildman–Crippen LogP) is 4.08. The van der Waals surface area contributed by atoms with Gasteiger partial charge in [0.25, 0.3) is 0 Å². The van der Waals surface area contributed by atoms with Crippen LogP contribution in [-0.4, -0.2) is 22.2 Å². The molecule has 0 aliphatic heterocycles. The van der Waals surface area contributed by atoms with E-state index in [4.69, 9.17) is 0 Å². The van der Waals surface area contributed by atoms with Gasteiger partial charge in [-0.25, -0.2) is 0 Å². The molecule has 116 valence electrons. The van der Waals surface area contributed by atoms with Gasteiger partial charge in [0.2, 0.25) is 0 Å². The molecule has 1 aliphatic rings. The number of aliphatic carboxylic acids is 2. The van der Waals surface area contributed by atoms with Crippen LogP contribution in [0, 0.1) is 11.3 Å². The van der Waals surface area contributed by atoms with E-state index in [-0.39, 0.29) is 0 Å². The van der Waals surface area contributed by atoms with Gasteiger partial charge in [-0.3, -0.25) is 9.59 Å². The van der Waals surface area contributed by atoms with Crippen LogP contribution in [0.25, 0.3) is 0 Å². The Morgan fingerprint density at radius 1 is 1.05 bits per heavy atom. The van der Waals surface area contributed by atoms with E-state index in [1.54, 1.807) is 0 Å². The molecule has 4 heteroatoms. The lowest BCUT2D eigenvalue weighted by atomic mass is 9.63. The van der Waals surface area contributed by atoms with Crippen molar-refractivity contribution < 1.29 is 19.8 Å². The third kappa shape index (κ3) is 4.22. The van der Waals surface area contributed by atoms with E-state index in [1.165, 1.54) is 19.3 Å². The number of carboxylic acid groups (broad SMARTS) is 2. The first-order valence-corrected chi connectivity index (χ1v) is 8.01. The summed E-state index contributed by atoms with van der Waals surface area (Å²) in [6.45, 7) is 2.17. The summed E-state index contributed by atoms with van der Waals surface area (Å²) in [6, 6.07) is 0. The van der Waals surface area contributed by atoms with Gasteiger partial charge in [-0.05, 0) is 19.3 Å². The third-order valence-corrected chi connectivity index (χ3v) is 4.73. The van der Waals surface area contributed by atoms with Gasteiger partial charge in [0, 0.05) is 0 Å². The zero-order valence-corrected chi connectivity index (χ0v) is 12.6. The number of hydrogen-bond acceptors (Lipinski definition) is 2. The molecule has 0 aromatic heterocycles. The Kier molecular flexibility index (Phi) is 7.03. The first-order valence-electron chi connectivity index (χ1n) is 8.01. The van der Waals surface area contributed by atoms with Crippen LogP contribution in [-0.2, 0) is 9.59 Å². The van der Waals surface area contributed by atoms with Crippen molar-refractivity contribution in [2.75, 3.05) is 0 Å². The Labute approximate surface area is 121 Å². The fraction of sp³-hybridized carbons (Fsp3) is 0.875. The van der Waals surface area contributed by atoms with Crippen molar-refractivity contribution in [3.8, 4) is 0 Å². The van der Waals surface area contributed by atoms with Crippen molar-refractivity contribution in [1.82, 2.24) is 0 Å². The highest BCUT2D eigenvalue weighted by atomic mass is 16.4. The average Bonchev–Trinajstić information content (AvgIpc) is 2.42. The first-order chi connectivity index (χ1) is 9.54. The molecule has 1 saturated carbocycles. The molecule has 0 saturated heterocycles. The Morgan fingerprint density at radius 3 is 2.30 bits per heavy atom.